The first-order chi connectivity index (χ1) is 13.5. The van der Waals surface area contributed by atoms with Crippen LogP contribution in [0.3, 0.4) is 0 Å². The summed E-state index contributed by atoms with van der Waals surface area (Å²) in [6.45, 7) is -0.176. The standard InChI is InChI=1S/C22H15ClN2O3/c23-18-7-3-16(4-8-18)22(27)17-5-11-20(12-6-17)28-14-21(26)25-19-9-1-15(13-24)2-10-19/h1-12H,14H2,(H,25,26). The number of halogens is 1. The summed E-state index contributed by atoms with van der Waals surface area (Å²) in [6.07, 6.45) is 0. The molecule has 3 aromatic rings. The molecule has 0 heterocycles. The lowest BCUT2D eigenvalue weighted by molar-refractivity contribution is -0.118. The molecule has 5 nitrogen and oxygen atoms in total. The molecule has 1 amide bonds. The van der Waals surface area contributed by atoms with Gasteiger partial charge in [0.25, 0.3) is 5.91 Å². The predicted molar refractivity (Wildman–Crippen MR) is 107 cm³/mol. The Morgan fingerprint density at radius 1 is 0.893 bits per heavy atom. The van der Waals surface area contributed by atoms with Crippen molar-refractivity contribution in [2.45, 2.75) is 0 Å². The van der Waals surface area contributed by atoms with Gasteiger partial charge in [-0.1, -0.05) is 11.6 Å². The molecule has 0 atom stereocenters. The first kappa shape index (κ1) is 19.2. The van der Waals surface area contributed by atoms with Gasteiger partial charge < -0.3 is 10.1 Å². The summed E-state index contributed by atoms with van der Waals surface area (Å²) in [6, 6.07) is 21.8. The van der Waals surface area contributed by atoms with Crippen molar-refractivity contribution < 1.29 is 14.3 Å². The number of ketones is 1. The van der Waals surface area contributed by atoms with Crippen LogP contribution in [0, 0.1) is 11.3 Å². The van der Waals surface area contributed by atoms with Crippen molar-refractivity contribution in [2.75, 3.05) is 11.9 Å². The minimum absolute atomic E-state index is 0.123. The fourth-order valence-corrected chi connectivity index (χ4v) is 2.57. The molecule has 0 saturated carbocycles. The Kier molecular flexibility index (Phi) is 6.05. The van der Waals surface area contributed by atoms with Gasteiger partial charge in [-0.15, -0.1) is 0 Å². The second-order valence-corrected chi connectivity index (χ2v) is 6.32. The highest BCUT2D eigenvalue weighted by Gasteiger charge is 2.10. The largest absolute Gasteiger partial charge is 0.484 e. The van der Waals surface area contributed by atoms with Crippen LogP contribution in [0.2, 0.25) is 5.02 Å². The van der Waals surface area contributed by atoms with E-state index in [1.165, 1.54) is 0 Å². The molecule has 0 spiro atoms. The smallest absolute Gasteiger partial charge is 0.262 e. The van der Waals surface area contributed by atoms with E-state index in [-0.39, 0.29) is 18.3 Å². The van der Waals surface area contributed by atoms with Crippen LogP contribution in [0.15, 0.2) is 72.8 Å². The third-order valence-corrected chi connectivity index (χ3v) is 4.14. The van der Waals surface area contributed by atoms with Gasteiger partial charge in [0.05, 0.1) is 11.6 Å². The number of nitrogens with zero attached hydrogens (tertiary/aromatic N) is 1. The van der Waals surface area contributed by atoms with Gasteiger partial charge in [0, 0.05) is 21.8 Å². The Bertz CT molecular complexity index is 1020. The molecule has 3 rings (SSSR count). The number of nitrogens with one attached hydrogen (secondary N) is 1. The molecule has 0 aliphatic carbocycles. The molecule has 0 radical (unpaired) electrons. The summed E-state index contributed by atoms with van der Waals surface area (Å²) in [5.41, 5.74) is 2.15. The van der Waals surface area contributed by atoms with Crippen LogP contribution in [0.5, 0.6) is 5.75 Å². The van der Waals surface area contributed by atoms with Gasteiger partial charge in [0.2, 0.25) is 0 Å². The van der Waals surface area contributed by atoms with Gasteiger partial charge in [-0.25, -0.2) is 0 Å². The van der Waals surface area contributed by atoms with E-state index < -0.39 is 0 Å². The number of hydrogen-bond acceptors (Lipinski definition) is 4. The second-order valence-electron chi connectivity index (χ2n) is 5.89. The normalized spacial score (nSPS) is 10.0. The molecule has 0 aliphatic heterocycles. The van der Waals surface area contributed by atoms with E-state index >= 15 is 0 Å². The molecule has 0 aliphatic rings. The monoisotopic (exact) mass is 390 g/mol. The van der Waals surface area contributed by atoms with Crippen molar-refractivity contribution in [3.05, 3.63) is 94.5 Å². The zero-order chi connectivity index (χ0) is 19.9. The van der Waals surface area contributed by atoms with Crippen molar-refractivity contribution in [2.24, 2.45) is 0 Å². The molecule has 3 aromatic carbocycles. The van der Waals surface area contributed by atoms with Gasteiger partial charge in [-0.3, -0.25) is 9.59 Å². The Morgan fingerprint density at radius 3 is 2.04 bits per heavy atom. The molecule has 1 N–H and O–H groups in total. The Morgan fingerprint density at radius 2 is 1.46 bits per heavy atom. The van der Waals surface area contributed by atoms with E-state index in [2.05, 4.69) is 5.32 Å². The number of carbonyl (C=O) groups excluding carboxylic acids is 2. The average molecular weight is 391 g/mol. The van der Waals surface area contributed by atoms with Crippen LogP contribution >= 0.6 is 11.6 Å². The summed E-state index contributed by atoms with van der Waals surface area (Å²) in [4.78, 5) is 24.4. The average Bonchev–Trinajstić information content (AvgIpc) is 2.73. The van der Waals surface area contributed by atoms with E-state index in [4.69, 9.17) is 21.6 Å². The topological polar surface area (TPSA) is 79.2 Å². The van der Waals surface area contributed by atoms with E-state index in [1.807, 2.05) is 6.07 Å². The third-order valence-electron chi connectivity index (χ3n) is 3.89. The maximum atomic E-state index is 12.4. The fraction of sp³-hybridized carbons (Fsp3) is 0.0455. The van der Waals surface area contributed by atoms with Crippen LogP contribution in [0.25, 0.3) is 0 Å². The van der Waals surface area contributed by atoms with Gasteiger partial charge in [-0.2, -0.15) is 5.26 Å². The lowest BCUT2D eigenvalue weighted by Crippen LogP contribution is -2.20. The number of rotatable bonds is 6. The summed E-state index contributed by atoms with van der Waals surface area (Å²) < 4.78 is 5.45. The minimum atomic E-state index is -0.328. The first-order valence-electron chi connectivity index (χ1n) is 8.38. The minimum Gasteiger partial charge on any atom is -0.484 e. The number of carbonyl (C=O) groups is 2. The molecule has 0 fully saturated rings. The quantitative estimate of drug-likeness (QED) is 0.630. The Labute approximate surface area is 167 Å². The molecule has 28 heavy (non-hydrogen) atoms. The molecular formula is C22H15ClN2O3. The van der Waals surface area contributed by atoms with Gasteiger partial charge >= 0.3 is 0 Å². The van der Waals surface area contributed by atoms with Crippen LogP contribution in [-0.4, -0.2) is 18.3 Å². The van der Waals surface area contributed by atoms with Crippen molar-refractivity contribution in [3.8, 4) is 11.8 Å². The number of nitriles is 1. The second kappa shape index (κ2) is 8.85. The number of amides is 1. The number of benzene rings is 3. The van der Waals surface area contributed by atoms with Crippen molar-refractivity contribution in [3.63, 3.8) is 0 Å². The van der Waals surface area contributed by atoms with E-state index in [0.717, 1.165) is 0 Å². The third kappa shape index (κ3) is 4.97. The lowest BCUT2D eigenvalue weighted by atomic mass is 10.0. The zero-order valence-corrected chi connectivity index (χ0v) is 15.4. The van der Waals surface area contributed by atoms with E-state index in [9.17, 15) is 9.59 Å². The summed E-state index contributed by atoms with van der Waals surface area (Å²) in [5.74, 6) is 0.0236. The highest BCUT2D eigenvalue weighted by molar-refractivity contribution is 6.30. The molecular weight excluding hydrogens is 376 g/mol. The molecule has 0 saturated heterocycles. The SMILES string of the molecule is N#Cc1ccc(NC(=O)COc2ccc(C(=O)c3ccc(Cl)cc3)cc2)cc1. The Hall–Kier alpha value is -3.62. The summed E-state index contributed by atoms with van der Waals surface area (Å²) in [7, 11) is 0. The van der Waals surface area contributed by atoms with Gasteiger partial charge in [0.1, 0.15) is 5.75 Å². The highest BCUT2D eigenvalue weighted by Crippen LogP contribution is 2.17. The number of anilines is 1. The predicted octanol–water partition coefficient (Wildman–Crippen LogP) is 4.46. The molecule has 138 valence electrons. The number of ether oxygens (including phenoxy) is 1. The maximum absolute atomic E-state index is 12.4. The summed E-state index contributed by atoms with van der Waals surface area (Å²) in [5, 5.41) is 12.0. The maximum Gasteiger partial charge on any atom is 0.262 e. The first-order valence-corrected chi connectivity index (χ1v) is 8.76. The fourth-order valence-electron chi connectivity index (χ4n) is 2.44. The number of hydrogen-bond donors (Lipinski definition) is 1. The van der Waals surface area contributed by atoms with Gasteiger partial charge in [-0.05, 0) is 72.8 Å². The van der Waals surface area contributed by atoms with Crippen LogP contribution < -0.4 is 10.1 Å². The Balaban J connectivity index is 1.55. The van der Waals surface area contributed by atoms with Gasteiger partial charge in [0.15, 0.2) is 12.4 Å². The molecule has 0 aromatic heterocycles. The molecule has 0 bridgehead atoms. The van der Waals surface area contributed by atoms with Crippen LogP contribution in [0.1, 0.15) is 21.5 Å². The van der Waals surface area contributed by atoms with E-state index in [0.29, 0.717) is 33.1 Å². The lowest BCUT2D eigenvalue weighted by Gasteiger charge is -2.08. The zero-order valence-electron chi connectivity index (χ0n) is 14.7. The van der Waals surface area contributed by atoms with Crippen LogP contribution in [-0.2, 0) is 4.79 Å². The van der Waals surface area contributed by atoms with Crippen molar-refractivity contribution in [1.82, 2.24) is 0 Å². The van der Waals surface area contributed by atoms with Crippen molar-refractivity contribution in [1.29, 1.82) is 5.26 Å². The highest BCUT2D eigenvalue weighted by atomic mass is 35.5. The van der Waals surface area contributed by atoms with E-state index in [1.54, 1.807) is 72.8 Å². The summed E-state index contributed by atoms with van der Waals surface area (Å²) >= 11 is 5.83. The van der Waals surface area contributed by atoms with Crippen LogP contribution in [0.4, 0.5) is 5.69 Å². The molecule has 6 heteroatoms. The van der Waals surface area contributed by atoms with Crippen molar-refractivity contribution >= 4 is 29.0 Å². The molecule has 0 unspecified atom stereocenters.